The van der Waals surface area contributed by atoms with Gasteiger partial charge in [0.25, 0.3) is 10.0 Å². The lowest BCUT2D eigenvalue weighted by Gasteiger charge is -2.20. The maximum atomic E-state index is 13.3. The molecule has 4 rings (SSSR count). The molecule has 0 bridgehead atoms. The van der Waals surface area contributed by atoms with Crippen LogP contribution >= 0.6 is 15.9 Å². The number of rotatable bonds is 5. The van der Waals surface area contributed by atoms with Gasteiger partial charge in [0.2, 0.25) is 0 Å². The SMILES string of the molecule is CC(C)c1ccccc1-c1nc(N(C)S(=O)(=O)c2ccc(Br)cc2)cc2c1ncn2C. The van der Waals surface area contributed by atoms with Crippen LogP contribution in [0.4, 0.5) is 5.82 Å². The molecule has 0 aliphatic rings. The van der Waals surface area contributed by atoms with Gasteiger partial charge in [-0.15, -0.1) is 0 Å². The number of benzene rings is 2. The van der Waals surface area contributed by atoms with Crippen LogP contribution in [-0.2, 0) is 17.1 Å². The van der Waals surface area contributed by atoms with Crippen molar-refractivity contribution in [2.24, 2.45) is 7.05 Å². The molecule has 0 fully saturated rings. The molecule has 0 saturated carbocycles. The maximum absolute atomic E-state index is 13.3. The Balaban J connectivity index is 1.93. The first-order valence-corrected chi connectivity index (χ1v) is 12.1. The van der Waals surface area contributed by atoms with Crippen molar-refractivity contribution in [2.45, 2.75) is 24.7 Å². The average Bonchev–Trinajstić information content (AvgIpc) is 3.13. The van der Waals surface area contributed by atoms with Crippen LogP contribution in [0.25, 0.3) is 22.3 Å². The molecule has 0 amide bonds. The molecular formula is C23H23BrN4O2S. The minimum atomic E-state index is -3.78. The highest BCUT2D eigenvalue weighted by molar-refractivity contribution is 9.10. The molecule has 6 nitrogen and oxygen atoms in total. The second-order valence-electron chi connectivity index (χ2n) is 7.72. The largest absolute Gasteiger partial charge is 0.334 e. The van der Waals surface area contributed by atoms with Gasteiger partial charge in [-0.2, -0.15) is 0 Å². The number of sulfonamides is 1. The van der Waals surface area contributed by atoms with Gasteiger partial charge in [-0.05, 0) is 35.7 Å². The Kier molecular flexibility index (Phi) is 5.61. The van der Waals surface area contributed by atoms with Gasteiger partial charge in [0, 0.05) is 30.2 Å². The van der Waals surface area contributed by atoms with Crippen molar-refractivity contribution in [1.82, 2.24) is 14.5 Å². The van der Waals surface area contributed by atoms with Crippen LogP contribution in [0.1, 0.15) is 25.3 Å². The molecule has 8 heteroatoms. The molecule has 31 heavy (non-hydrogen) atoms. The van der Waals surface area contributed by atoms with Crippen molar-refractivity contribution in [3.05, 3.63) is 71.0 Å². The topological polar surface area (TPSA) is 68.1 Å². The maximum Gasteiger partial charge on any atom is 0.265 e. The summed E-state index contributed by atoms with van der Waals surface area (Å²) in [6, 6.07) is 16.4. The van der Waals surface area contributed by atoms with Crippen LogP contribution in [0.2, 0.25) is 0 Å². The summed E-state index contributed by atoms with van der Waals surface area (Å²) >= 11 is 3.35. The van der Waals surface area contributed by atoms with E-state index < -0.39 is 10.0 Å². The molecule has 2 aromatic heterocycles. The number of imidazole rings is 1. The predicted molar refractivity (Wildman–Crippen MR) is 128 cm³/mol. The van der Waals surface area contributed by atoms with Gasteiger partial charge < -0.3 is 4.57 Å². The first kappa shape index (κ1) is 21.5. The van der Waals surface area contributed by atoms with E-state index in [0.717, 1.165) is 26.6 Å². The van der Waals surface area contributed by atoms with E-state index in [9.17, 15) is 8.42 Å². The predicted octanol–water partition coefficient (Wildman–Crippen LogP) is 5.35. The van der Waals surface area contributed by atoms with E-state index in [2.05, 4.69) is 40.8 Å². The lowest BCUT2D eigenvalue weighted by molar-refractivity contribution is 0.594. The summed E-state index contributed by atoms with van der Waals surface area (Å²) in [5.41, 5.74) is 4.33. The van der Waals surface area contributed by atoms with E-state index in [1.165, 1.54) is 11.4 Å². The first-order chi connectivity index (χ1) is 14.7. The number of aryl methyl sites for hydroxylation is 1. The fourth-order valence-electron chi connectivity index (χ4n) is 3.57. The van der Waals surface area contributed by atoms with Crippen LogP contribution in [0, 0.1) is 0 Å². The lowest BCUT2D eigenvalue weighted by atomic mass is 9.94. The molecule has 4 aromatic rings. The van der Waals surface area contributed by atoms with Gasteiger partial charge in [0.15, 0.2) is 0 Å². The van der Waals surface area contributed by atoms with Crippen LogP contribution in [0.3, 0.4) is 0 Å². The molecule has 2 heterocycles. The van der Waals surface area contributed by atoms with E-state index in [4.69, 9.17) is 4.98 Å². The molecule has 0 unspecified atom stereocenters. The van der Waals surface area contributed by atoms with Gasteiger partial charge in [-0.3, -0.25) is 4.31 Å². The minimum absolute atomic E-state index is 0.203. The number of aromatic nitrogens is 3. The van der Waals surface area contributed by atoms with Crippen molar-refractivity contribution in [2.75, 3.05) is 11.4 Å². The molecule has 0 radical (unpaired) electrons. The lowest BCUT2D eigenvalue weighted by Crippen LogP contribution is -2.27. The normalized spacial score (nSPS) is 11.9. The Morgan fingerprint density at radius 1 is 1.06 bits per heavy atom. The zero-order valence-corrected chi connectivity index (χ0v) is 20.1. The fourth-order valence-corrected chi connectivity index (χ4v) is 4.97. The molecule has 2 aromatic carbocycles. The van der Waals surface area contributed by atoms with Gasteiger partial charge in [-0.25, -0.2) is 18.4 Å². The van der Waals surface area contributed by atoms with Crippen molar-refractivity contribution in [3.63, 3.8) is 0 Å². The Hall–Kier alpha value is -2.71. The number of hydrogen-bond donors (Lipinski definition) is 0. The number of nitrogens with zero attached hydrogens (tertiary/aromatic N) is 4. The second-order valence-corrected chi connectivity index (χ2v) is 10.6. The average molecular weight is 499 g/mol. The highest BCUT2D eigenvalue weighted by atomic mass is 79.9. The van der Waals surface area contributed by atoms with Crippen molar-refractivity contribution < 1.29 is 8.42 Å². The number of anilines is 1. The Bertz CT molecular complexity index is 1360. The number of hydrogen-bond acceptors (Lipinski definition) is 4. The Morgan fingerprint density at radius 3 is 2.42 bits per heavy atom. The zero-order valence-electron chi connectivity index (χ0n) is 17.7. The molecule has 0 atom stereocenters. The molecule has 0 aliphatic heterocycles. The molecule has 0 saturated heterocycles. The standard InChI is InChI=1S/C23H23BrN4O2S/c1-15(2)18-7-5-6-8-19(18)22-23-20(27(3)14-25-23)13-21(26-22)28(4)31(29,30)17-11-9-16(24)10-12-17/h5-15H,1-4H3. The number of pyridine rings is 1. The van der Waals surface area contributed by atoms with Gasteiger partial charge in [0.05, 0.1) is 16.7 Å². The van der Waals surface area contributed by atoms with Crippen LogP contribution in [0.15, 0.2) is 70.3 Å². The monoisotopic (exact) mass is 498 g/mol. The highest BCUT2D eigenvalue weighted by Crippen LogP contribution is 2.35. The summed E-state index contributed by atoms with van der Waals surface area (Å²) in [6.45, 7) is 4.25. The summed E-state index contributed by atoms with van der Waals surface area (Å²) in [5, 5.41) is 0. The van der Waals surface area contributed by atoms with Crippen molar-refractivity contribution >= 4 is 42.8 Å². The number of halogens is 1. The van der Waals surface area contributed by atoms with Gasteiger partial charge in [-0.1, -0.05) is 54.0 Å². The summed E-state index contributed by atoms with van der Waals surface area (Å²) in [7, 11) is -0.361. The highest BCUT2D eigenvalue weighted by Gasteiger charge is 2.25. The third-order valence-electron chi connectivity index (χ3n) is 5.33. The van der Waals surface area contributed by atoms with E-state index in [-0.39, 0.29) is 10.8 Å². The van der Waals surface area contributed by atoms with Crippen molar-refractivity contribution in [3.8, 4) is 11.3 Å². The fraction of sp³-hybridized carbons (Fsp3) is 0.217. The second kappa shape index (κ2) is 8.09. The first-order valence-electron chi connectivity index (χ1n) is 9.86. The molecule has 160 valence electrons. The molecule has 0 N–H and O–H groups in total. The summed E-state index contributed by atoms with van der Waals surface area (Å²) < 4.78 is 30.5. The van der Waals surface area contributed by atoms with E-state index in [1.807, 2.05) is 29.8 Å². The summed E-state index contributed by atoms with van der Waals surface area (Å²) in [4.78, 5) is 9.55. The van der Waals surface area contributed by atoms with E-state index in [0.29, 0.717) is 11.5 Å². The summed E-state index contributed by atoms with van der Waals surface area (Å²) in [5.74, 6) is 0.622. The van der Waals surface area contributed by atoms with E-state index in [1.54, 1.807) is 36.7 Å². The van der Waals surface area contributed by atoms with E-state index >= 15 is 0 Å². The zero-order chi connectivity index (χ0) is 22.3. The summed E-state index contributed by atoms with van der Waals surface area (Å²) in [6.07, 6.45) is 1.72. The van der Waals surface area contributed by atoms with Crippen LogP contribution in [-0.4, -0.2) is 30.0 Å². The number of fused-ring (bicyclic) bond motifs is 1. The smallest absolute Gasteiger partial charge is 0.265 e. The molecule has 0 spiro atoms. The van der Waals surface area contributed by atoms with Crippen molar-refractivity contribution in [1.29, 1.82) is 0 Å². The molecule has 0 aliphatic carbocycles. The Morgan fingerprint density at radius 2 is 1.74 bits per heavy atom. The van der Waals surface area contributed by atoms with Gasteiger partial charge in [0.1, 0.15) is 17.0 Å². The van der Waals surface area contributed by atoms with Gasteiger partial charge >= 0.3 is 0 Å². The minimum Gasteiger partial charge on any atom is -0.334 e. The van der Waals surface area contributed by atoms with Crippen LogP contribution in [0.5, 0.6) is 0 Å². The quantitative estimate of drug-likeness (QED) is 0.372. The van der Waals surface area contributed by atoms with Crippen LogP contribution < -0.4 is 4.31 Å². The Labute approximate surface area is 190 Å². The third-order valence-corrected chi connectivity index (χ3v) is 7.64. The molecular weight excluding hydrogens is 476 g/mol. The third kappa shape index (κ3) is 3.85.